The second kappa shape index (κ2) is 19.8. The third-order valence-electron chi connectivity index (χ3n) is 6.41. The summed E-state index contributed by atoms with van der Waals surface area (Å²) in [5.74, 6) is -0.207. The topological polar surface area (TPSA) is 131 Å². The van der Waals surface area contributed by atoms with E-state index in [1.54, 1.807) is 12.1 Å². The van der Waals surface area contributed by atoms with Crippen molar-refractivity contribution in [2.45, 2.75) is 66.5 Å². The van der Waals surface area contributed by atoms with Crippen molar-refractivity contribution in [3.63, 3.8) is 0 Å². The minimum Gasteiger partial charge on any atom is -0.507 e. The van der Waals surface area contributed by atoms with E-state index in [0.29, 0.717) is 89.3 Å². The second-order valence-electron chi connectivity index (χ2n) is 9.56. The van der Waals surface area contributed by atoms with E-state index in [4.69, 9.17) is 36.0 Å². The SMILES string of the molecule is CCO[Si](CCCOc1ccc(C(=O)c2ccc(OCCC[Si](OCC)(OCC)OCC)cc2O)c(O)c1)(OCC)OCC. The zero-order valence-corrected chi connectivity index (χ0v) is 29.0. The molecule has 0 saturated heterocycles. The van der Waals surface area contributed by atoms with Gasteiger partial charge in [-0.05, 0) is 78.6 Å². The van der Waals surface area contributed by atoms with E-state index in [0.717, 1.165) is 0 Å². The summed E-state index contributed by atoms with van der Waals surface area (Å²) in [4.78, 5) is 13.1. The summed E-state index contributed by atoms with van der Waals surface area (Å²) in [5.41, 5.74) is 0.0849. The van der Waals surface area contributed by atoms with Crippen LogP contribution in [-0.2, 0) is 26.6 Å². The van der Waals surface area contributed by atoms with Crippen LogP contribution in [0.15, 0.2) is 36.4 Å². The molecule has 2 rings (SSSR count). The number of ketones is 1. The van der Waals surface area contributed by atoms with E-state index in [2.05, 4.69) is 0 Å². The molecule has 0 amide bonds. The molecule has 0 fully saturated rings. The lowest BCUT2D eigenvalue weighted by atomic mass is 10.0. The molecular formula is C31H50O11Si2. The first-order chi connectivity index (χ1) is 21.2. The molecule has 0 unspecified atom stereocenters. The van der Waals surface area contributed by atoms with Gasteiger partial charge in [-0.1, -0.05) is 0 Å². The molecule has 13 heteroatoms. The maximum Gasteiger partial charge on any atom is 0.501 e. The van der Waals surface area contributed by atoms with E-state index >= 15 is 0 Å². The van der Waals surface area contributed by atoms with Crippen molar-refractivity contribution in [2.75, 3.05) is 52.9 Å². The van der Waals surface area contributed by atoms with Gasteiger partial charge in [0.1, 0.15) is 23.0 Å². The van der Waals surface area contributed by atoms with Gasteiger partial charge in [0, 0.05) is 63.9 Å². The highest BCUT2D eigenvalue weighted by Gasteiger charge is 2.40. The van der Waals surface area contributed by atoms with E-state index in [-0.39, 0.29) is 22.6 Å². The quantitative estimate of drug-likeness (QED) is 0.0789. The van der Waals surface area contributed by atoms with Crippen molar-refractivity contribution in [2.24, 2.45) is 0 Å². The summed E-state index contributed by atoms with van der Waals surface area (Å²) in [5, 5.41) is 21.2. The third-order valence-corrected chi connectivity index (χ3v) is 12.7. The summed E-state index contributed by atoms with van der Waals surface area (Å²) in [6.45, 7) is 15.2. The molecule has 0 aliphatic heterocycles. The molecule has 0 bridgehead atoms. The van der Waals surface area contributed by atoms with Gasteiger partial charge in [-0.15, -0.1) is 0 Å². The average molecular weight is 655 g/mol. The van der Waals surface area contributed by atoms with Crippen molar-refractivity contribution in [1.82, 2.24) is 0 Å². The molecule has 0 spiro atoms. The number of aromatic hydroxyl groups is 2. The first kappa shape index (κ1) is 37.7. The number of phenols is 2. The third kappa shape index (κ3) is 11.5. The van der Waals surface area contributed by atoms with E-state index in [1.165, 1.54) is 24.3 Å². The van der Waals surface area contributed by atoms with Crippen molar-refractivity contribution in [3.8, 4) is 23.0 Å². The van der Waals surface area contributed by atoms with Crippen LogP contribution in [0.5, 0.6) is 23.0 Å². The number of rotatable bonds is 24. The zero-order valence-electron chi connectivity index (χ0n) is 27.0. The van der Waals surface area contributed by atoms with Crippen LogP contribution in [0.25, 0.3) is 0 Å². The van der Waals surface area contributed by atoms with Gasteiger partial charge in [0.25, 0.3) is 0 Å². The van der Waals surface area contributed by atoms with Gasteiger partial charge >= 0.3 is 17.6 Å². The van der Waals surface area contributed by atoms with Gasteiger partial charge in [0.2, 0.25) is 0 Å². The maximum atomic E-state index is 13.1. The molecule has 0 aromatic heterocycles. The Labute approximate surface area is 264 Å². The molecule has 0 heterocycles. The summed E-state index contributed by atoms with van der Waals surface area (Å²) in [6, 6.07) is 10.1. The highest BCUT2D eigenvalue weighted by molar-refractivity contribution is 6.61. The Morgan fingerprint density at radius 2 is 0.886 bits per heavy atom. The molecule has 2 aromatic rings. The standard InChI is InChI=1S/C31H50O11Si2/c1-7-37-43(38-8-2,39-9-3)21-13-19-35-25-15-17-27(29(32)23-25)31(34)28-18-16-26(24-30(28)33)36-20-14-22-44(40-10-4,41-11-5)42-12-6/h15-18,23-24,32-33H,7-14,19-22H2,1-6H3. The molecule has 44 heavy (non-hydrogen) atoms. The van der Waals surface area contributed by atoms with Gasteiger partial charge < -0.3 is 46.2 Å². The summed E-state index contributed by atoms with van der Waals surface area (Å²) in [6.07, 6.45) is 1.26. The maximum absolute atomic E-state index is 13.1. The minimum absolute atomic E-state index is 0.0425. The lowest BCUT2D eigenvalue weighted by Gasteiger charge is -2.28. The fourth-order valence-electron chi connectivity index (χ4n) is 4.69. The van der Waals surface area contributed by atoms with Crippen molar-refractivity contribution < 1.29 is 51.0 Å². The normalized spacial score (nSPS) is 12.0. The Bertz CT molecular complexity index is 1010. The van der Waals surface area contributed by atoms with Crippen molar-refractivity contribution in [3.05, 3.63) is 47.5 Å². The molecule has 0 aliphatic rings. The first-order valence-electron chi connectivity index (χ1n) is 15.5. The van der Waals surface area contributed by atoms with Crippen LogP contribution in [-0.4, -0.2) is 86.5 Å². The molecule has 2 N–H and O–H groups in total. The molecule has 0 atom stereocenters. The Morgan fingerprint density at radius 3 is 1.16 bits per heavy atom. The van der Waals surface area contributed by atoms with Crippen molar-refractivity contribution in [1.29, 1.82) is 0 Å². The fourth-order valence-corrected chi connectivity index (χ4v) is 9.85. The predicted octanol–water partition coefficient (Wildman–Crippen LogP) is 5.96. The molecule has 2 aromatic carbocycles. The number of carbonyl (C=O) groups excluding carboxylic acids is 1. The molecular weight excluding hydrogens is 605 g/mol. The smallest absolute Gasteiger partial charge is 0.501 e. The fraction of sp³-hybridized carbons (Fsp3) is 0.581. The molecule has 0 aliphatic carbocycles. The summed E-state index contributed by atoms with van der Waals surface area (Å²) in [7, 11) is -5.53. The number of phenolic OH excluding ortho intramolecular Hbond substituents is 2. The zero-order chi connectivity index (χ0) is 32.4. The van der Waals surface area contributed by atoms with Gasteiger partial charge in [-0.25, -0.2) is 0 Å². The van der Waals surface area contributed by atoms with E-state index < -0.39 is 23.4 Å². The Balaban J connectivity index is 1.96. The second-order valence-corrected chi connectivity index (χ2v) is 15.0. The first-order valence-corrected chi connectivity index (χ1v) is 19.4. The van der Waals surface area contributed by atoms with Crippen LogP contribution in [0.4, 0.5) is 0 Å². The largest absolute Gasteiger partial charge is 0.507 e. The van der Waals surface area contributed by atoms with Crippen LogP contribution < -0.4 is 9.47 Å². The molecule has 248 valence electrons. The number of hydrogen-bond donors (Lipinski definition) is 2. The molecule has 11 nitrogen and oxygen atoms in total. The Kier molecular flexibility index (Phi) is 17.0. The Morgan fingerprint density at radius 1 is 0.568 bits per heavy atom. The average Bonchev–Trinajstić information content (AvgIpc) is 2.98. The summed E-state index contributed by atoms with van der Waals surface area (Å²) < 4.78 is 46.8. The molecule has 0 saturated carbocycles. The predicted molar refractivity (Wildman–Crippen MR) is 171 cm³/mol. The lowest BCUT2D eigenvalue weighted by molar-refractivity contribution is 0.0689. The Hall–Kier alpha value is -2.50. The highest BCUT2D eigenvalue weighted by atomic mass is 28.4. The monoisotopic (exact) mass is 654 g/mol. The van der Waals surface area contributed by atoms with E-state index in [9.17, 15) is 15.0 Å². The van der Waals surface area contributed by atoms with Gasteiger partial charge in [-0.3, -0.25) is 4.79 Å². The van der Waals surface area contributed by atoms with Gasteiger partial charge in [0.15, 0.2) is 5.78 Å². The van der Waals surface area contributed by atoms with Crippen LogP contribution in [0, 0.1) is 0 Å². The highest BCUT2D eigenvalue weighted by Crippen LogP contribution is 2.31. The van der Waals surface area contributed by atoms with Crippen LogP contribution in [0.1, 0.15) is 70.3 Å². The molecule has 0 radical (unpaired) electrons. The van der Waals surface area contributed by atoms with Crippen LogP contribution in [0.2, 0.25) is 12.1 Å². The van der Waals surface area contributed by atoms with E-state index in [1.807, 2.05) is 41.5 Å². The summed E-state index contributed by atoms with van der Waals surface area (Å²) >= 11 is 0. The van der Waals surface area contributed by atoms with Gasteiger partial charge in [-0.2, -0.15) is 0 Å². The number of hydrogen-bond acceptors (Lipinski definition) is 11. The van der Waals surface area contributed by atoms with Gasteiger partial charge in [0.05, 0.1) is 24.3 Å². The number of benzene rings is 2. The minimum atomic E-state index is -2.76. The lowest BCUT2D eigenvalue weighted by Crippen LogP contribution is -2.46. The number of carbonyl (C=O) groups is 1. The number of ether oxygens (including phenoxy) is 2. The van der Waals surface area contributed by atoms with Crippen LogP contribution in [0.3, 0.4) is 0 Å². The van der Waals surface area contributed by atoms with Crippen LogP contribution >= 0.6 is 0 Å². The van der Waals surface area contributed by atoms with Crippen molar-refractivity contribution >= 4 is 23.4 Å².